The monoisotopic (exact) mass is 1900 g/mol. The summed E-state index contributed by atoms with van der Waals surface area (Å²) >= 11 is 0. The van der Waals surface area contributed by atoms with Crippen LogP contribution in [-0.4, -0.2) is 109 Å². The van der Waals surface area contributed by atoms with Gasteiger partial charge in [-0.1, -0.05) is 133 Å². The molecule has 0 fully saturated rings. The van der Waals surface area contributed by atoms with E-state index in [9.17, 15) is 0 Å². The van der Waals surface area contributed by atoms with Gasteiger partial charge in [0.15, 0.2) is 0 Å². The SMILES string of the molecule is Cc1cc2cc(C)c1-c1ccc(nc1)-c1cccc(n1)-c1ccc(cn1)-c1c(C)cc(cc1C)OCCOc1ccc(cc1)-c1ccc(cc1)OCCCCOc1ccc(cc1)-c1ccc(cc1)OCCO2.Cc1cc2cc(C)c1-c1ccc(nc1)-c1cccc(n1)-c1ccc(cn1)-c1c(C)cc(cc1C)OCCOc1ccc(cc1)-c1ccc(cc1)OCCCCOc1ccc(cc1)-c1ccc(cc1)OCCO2. The van der Waals surface area contributed by atoms with Gasteiger partial charge < -0.3 is 56.8 Å². The molecule has 0 N–H and O–H groups in total. The molecule has 0 radical (unpaired) electrons. The summed E-state index contributed by atoms with van der Waals surface area (Å²) in [5.74, 6) is 9.79. The molecular weight excluding hydrogens is 1790 g/mol. The topological polar surface area (TPSA) is 188 Å². The van der Waals surface area contributed by atoms with Gasteiger partial charge in [0, 0.05) is 47.0 Å². The van der Waals surface area contributed by atoms with Crippen LogP contribution in [0.1, 0.15) is 70.2 Å². The lowest BCUT2D eigenvalue weighted by molar-refractivity contribution is 0.217. The molecule has 54 rings (SSSR count). The van der Waals surface area contributed by atoms with E-state index in [-0.39, 0.29) is 0 Å². The van der Waals surface area contributed by atoms with Crippen molar-refractivity contribution in [3.63, 3.8) is 0 Å². The second kappa shape index (κ2) is 46.0. The highest BCUT2D eigenvalue weighted by atomic mass is 16.5. The third kappa shape index (κ3) is 24.4. The molecule has 0 atom stereocenters. The Bertz CT molecular complexity index is 6410. The number of rotatable bonds is 0. The summed E-state index contributed by atoms with van der Waals surface area (Å²) < 4.78 is 73.1. The number of hydrogen-bond donors (Lipinski definition) is 0. The first-order valence-electron chi connectivity index (χ1n) is 49.2. The normalized spacial score (nSPS) is 13.2. The first-order valence-corrected chi connectivity index (χ1v) is 49.2. The number of pyridine rings is 6. The molecule has 6 aromatic heterocycles. The van der Waals surface area contributed by atoms with Crippen LogP contribution in [-0.2, 0) is 0 Å². The van der Waals surface area contributed by atoms with Gasteiger partial charge in [-0.25, -0.2) is 9.97 Å². The molecule has 0 unspecified atom stereocenters. The predicted molar refractivity (Wildman–Crippen MR) is 573 cm³/mol. The maximum atomic E-state index is 6.17. The van der Waals surface area contributed by atoms with E-state index in [0.29, 0.717) is 79.3 Å². The standard InChI is InChI=1S/2C63H57N3O6/c2*1-42-36-56-37-43(2)62(42)50-18-28-58(64-40-50)60-8-7-9-61(66-60)59-29-19-51(41-65-59)63-44(3)38-57(39-45(63)4)72-35-33-70-55-26-16-49(17-27-55)47-12-22-53(23-13-47)68-31-6-5-30-67-52-20-10-46(11-21-52)48-14-24-54(25-15-48)69-32-34-71-56/h2*7-29,36-41H,5-6,30-35H2,1-4H3. The van der Waals surface area contributed by atoms with Crippen molar-refractivity contribution in [2.75, 3.05) is 79.3 Å². The van der Waals surface area contributed by atoms with Crippen molar-refractivity contribution < 1.29 is 56.8 Å². The van der Waals surface area contributed by atoms with Crippen LogP contribution in [0.15, 0.2) is 352 Å². The lowest BCUT2D eigenvalue weighted by Crippen LogP contribution is -2.09. The molecule has 0 amide bonds. The zero-order valence-electron chi connectivity index (χ0n) is 82.4. The lowest BCUT2D eigenvalue weighted by Gasteiger charge is -2.15. The maximum Gasteiger partial charge on any atom is 0.122 e. The molecule has 18 aromatic rings. The third-order valence-electron chi connectivity index (χ3n) is 25.6. The van der Waals surface area contributed by atoms with E-state index in [1.165, 1.54) is 0 Å². The second-order valence-corrected chi connectivity index (χ2v) is 36.1. The van der Waals surface area contributed by atoms with E-state index in [1.807, 2.05) is 183 Å². The smallest absolute Gasteiger partial charge is 0.122 e. The fourth-order valence-electron chi connectivity index (χ4n) is 18.5. The number of aromatic nitrogens is 6. The van der Waals surface area contributed by atoms with Crippen LogP contribution in [0.3, 0.4) is 0 Å². The molecule has 720 valence electrons. The molecule has 36 aliphatic rings. The molecule has 18 nitrogen and oxygen atoms in total. The van der Waals surface area contributed by atoms with Crippen LogP contribution in [0.2, 0.25) is 0 Å². The molecular formula is C126H114N6O12. The summed E-state index contributed by atoms with van der Waals surface area (Å²) in [6, 6.07) is 110. The van der Waals surface area contributed by atoms with Crippen molar-refractivity contribution >= 4 is 0 Å². The fourth-order valence-corrected chi connectivity index (χ4v) is 18.5. The van der Waals surface area contributed by atoms with Crippen LogP contribution >= 0.6 is 0 Å². The number of ether oxygens (including phenoxy) is 12. The first kappa shape index (κ1) is 96.0. The van der Waals surface area contributed by atoms with Gasteiger partial charge in [0.1, 0.15) is 122 Å². The highest BCUT2D eigenvalue weighted by Gasteiger charge is 2.20. The molecule has 12 aromatic carbocycles. The Hall–Kier alpha value is -16.9. The molecule has 0 aliphatic carbocycles. The third-order valence-corrected chi connectivity index (χ3v) is 25.6. The van der Waals surface area contributed by atoms with Gasteiger partial charge in [-0.05, 0) is 386 Å². The molecule has 36 aliphatic heterocycles. The van der Waals surface area contributed by atoms with Gasteiger partial charge in [-0.15, -0.1) is 0 Å². The van der Waals surface area contributed by atoms with Crippen molar-refractivity contribution in [3.05, 3.63) is 397 Å². The Morgan fingerprint density at radius 3 is 0.444 bits per heavy atom. The van der Waals surface area contributed by atoms with Gasteiger partial charge in [-0.3, -0.25) is 19.9 Å². The molecule has 42 heterocycles. The Kier molecular flexibility index (Phi) is 30.7. The van der Waals surface area contributed by atoms with Crippen molar-refractivity contribution in [3.8, 4) is 204 Å². The lowest BCUT2D eigenvalue weighted by atomic mass is 9.96. The molecule has 0 saturated heterocycles. The highest BCUT2D eigenvalue weighted by molar-refractivity contribution is 5.79. The van der Waals surface area contributed by atoms with E-state index in [4.69, 9.17) is 86.7 Å². The average molecular weight is 1900 g/mol. The Balaban J connectivity index is 0.000000182. The summed E-state index contributed by atoms with van der Waals surface area (Å²) in [5, 5.41) is 0. The Labute approximate surface area is 842 Å². The maximum absolute atomic E-state index is 6.17. The van der Waals surface area contributed by atoms with E-state index < -0.39 is 0 Å². The van der Waals surface area contributed by atoms with Gasteiger partial charge in [-0.2, -0.15) is 0 Å². The van der Waals surface area contributed by atoms with Crippen LogP contribution in [0.4, 0.5) is 0 Å². The molecule has 36 bridgehead atoms. The second-order valence-electron chi connectivity index (χ2n) is 36.1. The average Bonchev–Trinajstić information content (AvgIpc) is 0.799. The molecule has 18 heteroatoms. The minimum absolute atomic E-state index is 0.416. The van der Waals surface area contributed by atoms with Crippen molar-refractivity contribution in [2.45, 2.75) is 81.1 Å². The van der Waals surface area contributed by atoms with E-state index in [0.717, 1.165) is 274 Å². The zero-order chi connectivity index (χ0) is 98.5. The van der Waals surface area contributed by atoms with Gasteiger partial charge in [0.2, 0.25) is 0 Å². The van der Waals surface area contributed by atoms with Crippen LogP contribution in [0.5, 0.6) is 69.0 Å². The Morgan fingerprint density at radius 1 is 0.146 bits per heavy atom. The highest BCUT2D eigenvalue weighted by Crippen LogP contribution is 2.40. The van der Waals surface area contributed by atoms with Crippen LogP contribution in [0.25, 0.3) is 135 Å². The molecule has 0 saturated carbocycles. The predicted octanol–water partition coefficient (Wildman–Crippen LogP) is 29.1. The number of benzene rings is 12. The summed E-state index contributed by atoms with van der Waals surface area (Å²) in [6.45, 7) is 22.7. The fraction of sp³-hybridized carbons (Fsp3) is 0.190. The largest absolute Gasteiger partial charge is 0.494 e. The summed E-state index contributed by atoms with van der Waals surface area (Å²) in [5.41, 5.74) is 32.6. The van der Waals surface area contributed by atoms with E-state index in [1.54, 1.807) is 0 Å². The first-order chi connectivity index (χ1) is 70.6. The molecule has 0 spiro atoms. The van der Waals surface area contributed by atoms with Crippen molar-refractivity contribution in [1.82, 2.24) is 29.9 Å². The molecule has 144 heavy (non-hydrogen) atoms. The van der Waals surface area contributed by atoms with Crippen LogP contribution in [0, 0.1) is 55.4 Å². The van der Waals surface area contributed by atoms with Crippen molar-refractivity contribution in [2.24, 2.45) is 0 Å². The van der Waals surface area contributed by atoms with Gasteiger partial charge >= 0.3 is 0 Å². The van der Waals surface area contributed by atoms with Crippen molar-refractivity contribution in [1.29, 1.82) is 0 Å². The Morgan fingerprint density at radius 2 is 0.292 bits per heavy atom. The minimum atomic E-state index is 0.416. The number of nitrogens with zero attached hydrogens (tertiary/aromatic N) is 6. The van der Waals surface area contributed by atoms with Gasteiger partial charge in [0.05, 0.1) is 72.0 Å². The van der Waals surface area contributed by atoms with E-state index in [2.05, 4.69) is 225 Å². The zero-order valence-corrected chi connectivity index (χ0v) is 82.4. The number of hydrogen-bond acceptors (Lipinski definition) is 18. The van der Waals surface area contributed by atoms with Gasteiger partial charge in [0.25, 0.3) is 0 Å². The van der Waals surface area contributed by atoms with Crippen LogP contribution < -0.4 is 56.8 Å². The minimum Gasteiger partial charge on any atom is -0.494 e. The summed E-state index contributed by atoms with van der Waals surface area (Å²) in [6.07, 6.45) is 11.2. The quantitative estimate of drug-likeness (QED) is 0.139. The summed E-state index contributed by atoms with van der Waals surface area (Å²) in [7, 11) is 0. The van der Waals surface area contributed by atoms with E-state index >= 15 is 0 Å². The number of aryl methyl sites for hydroxylation is 8. The summed E-state index contributed by atoms with van der Waals surface area (Å²) in [4.78, 5) is 29.5.